The van der Waals surface area contributed by atoms with Crippen LogP contribution in [0.25, 0.3) is 0 Å². The highest BCUT2D eigenvalue weighted by molar-refractivity contribution is 6.43. The topological polar surface area (TPSA) is 59.6 Å². The van der Waals surface area contributed by atoms with Gasteiger partial charge in [-0.25, -0.2) is 4.79 Å². The van der Waals surface area contributed by atoms with Gasteiger partial charge in [0.25, 0.3) is 0 Å². The Labute approximate surface area is 150 Å². The standard InChI is InChI=1S/C17H18Cl2N2O3/c1-23-14-8-3-5-11(16(14)24-2)9-10-20-17(22)21-13-7-4-6-12(18)15(13)19/h3-8H,9-10H2,1-2H3,(H2,20,21,22). The van der Waals surface area contributed by atoms with Gasteiger partial charge in [-0.3, -0.25) is 0 Å². The first kappa shape index (κ1) is 18.2. The molecule has 0 aliphatic heterocycles. The number of nitrogens with one attached hydrogen (secondary N) is 2. The number of hydrogen-bond donors (Lipinski definition) is 2. The second kappa shape index (κ2) is 8.66. The number of urea groups is 1. The van der Waals surface area contributed by atoms with Crippen molar-refractivity contribution in [1.82, 2.24) is 5.32 Å². The third-order valence-corrected chi connectivity index (χ3v) is 4.18. The van der Waals surface area contributed by atoms with Crippen LogP contribution in [0.5, 0.6) is 11.5 Å². The van der Waals surface area contributed by atoms with E-state index in [0.29, 0.717) is 40.2 Å². The molecule has 24 heavy (non-hydrogen) atoms. The summed E-state index contributed by atoms with van der Waals surface area (Å²) in [6, 6.07) is 10.3. The fraction of sp³-hybridized carbons (Fsp3) is 0.235. The van der Waals surface area contributed by atoms with Crippen molar-refractivity contribution in [3.63, 3.8) is 0 Å². The van der Waals surface area contributed by atoms with Gasteiger partial charge in [-0.05, 0) is 30.2 Å². The van der Waals surface area contributed by atoms with Gasteiger partial charge in [-0.15, -0.1) is 0 Å². The van der Waals surface area contributed by atoms with Crippen LogP contribution >= 0.6 is 23.2 Å². The summed E-state index contributed by atoms with van der Waals surface area (Å²) in [7, 11) is 3.17. The first-order valence-electron chi connectivity index (χ1n) is 7.25. The van der Waals surface area contributed by atoms with Gasteiger partial charge < -0.3 is 20.1 Å². The van der Waals surface area contributed by atoms with Crippen LogP contribution in [0.3, 0.4) is 0 Å². The molecule has 2 rings (SSSR count). The molecule has 2 N–H and O–H groups in total. The number of amides is 2. The average molecular weight is 369 g/mol. The number of rotatable bonds is 6. The number of hydrogen-bond acceptors (Lipinski definition) is 3. The number of ether oxygens (including phenoxy) is 2. The average Bonchev–Trinajstić information content (AvgIpc) is 2.58. The van der Waals surface area contributed by atoms with Crippen LogP contribution in [0, 0.1) is 0 Å². The number of carbonyl (C=O) groups is 1. The molecule has 0 aliphatic carbocycles. The maximum Gasteiger partial charge on any atom is 0.319 e. The Kier molecular flexibility index (Phi) is 6.58. The molecule has 5 nitrogen and oxygen atoms in total. The monoisotopic (exact) mass is 368 g/mol. The molecular weight excluding hydrogens is 351 g/mol. The normalized spacial score (nSPS) is 10.2. The van der Waals surface area contributed by atoms with E-state index in [9.17, 15) is 4.79 Å². The number of para-hydroxylation sites is 1. The predicted octanol–water partition coefficient (Wildman–Crippen LogP) is 4.37. The molecule has 0 bridgehead atoms. The molecule has 128 valence electrons. The van der Waals surface area contributed by atoms with Crippen molar-refractivity contribution in [2.24, 2.45) is 0 Å². The number of methoxy groups -OCH3 is 2. The van der Waals surface area contributed by atoms with Crippen molar-refractivity contribution < 1.29 is 14.3 Å². The SMILES string of the molecule is COc1cccc(CCNC(=O)Nc2cccc(Cl)c2Cl)c1OC. The maximum absolute atomic E-state index is 12.0. The Bertz CT molecular complexity index is 723. The fourth-order valence-electron chi connectivity index (χ4n) is 2.23. The molecule has 7 heteroatoms. The Morgan fingerprint density at radius 1 is 1.08 bits per heavy atom. The fourth-order valence-corrected chi connectivity index (χ4v) is 2.58. The summed E-state index contributed by atoms with van der Waals surface area (Å²) in [4.78, 5) is 12.0. The molecule has 0 atom stereocenters. The zero-order valence-electron chi connectivity index (χ0n) is 13.4. The zero-order chi connectivity index (χ0) is 17.5. The van der Waals surface area contributed by atoms with E-state index in [4.69, 9.17) is 32.7 Å². The van der Waals surface area contributed by atoms with Crippen LogP contribution in [0.1, 0.15) is 5.56 Å². The third-order valence-electron chi connectivity index (χ3n) is 3.36. The van der Waals surface area contributed by atoms with Crippen molar-refractivity contribution in [2.45, 2.75) is 6.42 Å². The highest BCUT2D eigenvalue weighted by Gasteiger charge is 2.11. The molecule has 0 aliphatic rings. The summed E-state index contributed by atoms with van der Waals surface area (Å²) in [6.07, 6.45) is 0.594. The highest BCUT2D eigenvalue weighted by atomic mass is 35.5. The van der Waals surface area contributed by atoms with Crippen molar-refractivity contribution >= 4 is 34.9 Å². The maximum atomic E-state index is 12.0. The van der Waals surface area contributed by atoms with Crippen molar-refractivity contribution in [1.29, 1.82) is 0 Å². The summed E-state index contributed by atoms with van der Waals surface area (Å²) in [5.74, 6) is 1.32. The molecule has 2 aromatic carbocycles. The van der Waals surface area contributed by atoms with Crippen LogP contribution < -0.4 is 20.1 Å². The lowest BCUT2D eigenvalue weighted by Crippen LogP contribution is -2.30. The Morgan fingerprint density at radius 3 is 2.54 bits per heavy atom. The van der Waals surface area contributed by atoms with E-state index >= 15 is 0 Å². The quantitative estimate of drug-likeness (QED) is 0.795. The van der Waals surface area contributed by atoms with Gasteiger partial charge >= 0.3 is 6.03 Å². The van der Waals surface area contributed by atoms with Gasteiger partial charge in [-0.1, -0.05) is 41.4 Å². The third kappa shape index (κ3) is 4.46. The van der Waals surface area contributed by atoms with E-state index in [-0.39, 0.29) is 6.03 Å². The van der Waals surface area contributed by atoms with Crippen LogP contribution in [-0.4, -0.2) is 26.8 Å². The second-order valence-corrected chi connectivity index (χ2v) is 5.67. The molecule has 0 unspecified atom stereocenters. The van der Waals surface area contributed by atoms with E-state index in [0.717, 1.165) is 5.56 Å². The number of carbonyl (C=O) groups excluding carboxylic acids is 1. The summed E-state index contributed by atoms with van der Waals surface area (Å²) >= 11 is 11.9. The molecule has 0 radical (unpaired) electrons. The zero-order valence-corrected chi connectivity index (χ0v) is 14.9. The van der Waals surface area contributed by atoms with Crippen LogP contribution in [-0.2, 0) is 6.42 Å². The van der Waals surface area contributed by atoms with Crippen molar-refractivity contribution in [3.8, 4) is 11.5 Å². The Hall–Kier alpha value is -2.11. The van der Waals surface area contributed by atoms with Crippen molar-refractivity contribution in [3.05, 3.63) is 52.0 Å². The van der Waals surface area contributed by atoms with E-state index in [1.165, 1.54) is 0 Å². The molecule has 2 aromatic rings. The minimum absolute atomic E-state index is 0.309. The molecule has 0 spiro atoms. The number of anilines is 1. The minimum atomic E-state index is -0.360. The van der Waals surface area contributed by atoms with Gasteiger partial charge in [0.15, 0.2) is 11.5 Å². The number of halogens is 2. The largest absolute Gasteiger partial charge is 0.493 e. The van der Waals surface area contributed by atoms with Crippen LogP contribution in [0.15, 0.2) is 36.4 Å². The van der Waals surface area contributed by atoms with Crippen LogP contribution in [0.2, 0.25) is 10.0 Å². The van der Waals surface area contributed by atoms with Gasteiger partial charge in [0.05, 0.1) is 30.0 Å². The van der Waals surface area contributed by atoms with Crippen LogP contribution in [0.4, 0.5) is 10.5 Å². The van der Waals surface area contributed by atoms with E-state index in [1.807, 2.05) is 18.2 Å². The minimum Gasteiger partial charge on any atom is -0.493 e. The van der Waals surface area contributed by atoms with Crippen molar-refractivity contribution in [2.75, 3.05) is 26.1 Å². The molecule has 0 saturated heterocycles. The molecule has 0 aromatic heterocycles. The Balaban J connectivity index is 1.92. The number of benzene rings is 2. The summed E-state index contributed by atoms with van der Waals surface area (Å²) in [5, 5.41) is 6.13. The van der Waals surface area contributed by atoms with Gasteiger partial charge in [0.1, 0.15) is 0 Å². The lowest BCUT2D eigenvalue weighted by Gasteiger charge is -2.13. The first-order chi connectivity index (χ1) is 11.6. The van der Waals surface area contributed by atoms with Gasteiger partial charge in [0.2, 0.25) is 0 Å². The lowest BCUT2D eigenvalue weighted by molar-refractivity contribution is 0.252. The first-order valence-corrected chi connectivity index (χ1v) is 8.01. The summed E-state index contributed by atoms with van der Waals surface area (Å²) in [6.45, 7) is 0.424. The van der Waals surface area contributed by atoms with E-state index in [1.54, 1.807) is 32.4 Å². The highest BCUT2D eigenvalue weighted by Crippen LogP contribution is 2.31. The molecule has 0 heterocycles. The molecule has 0 saturated carbocycles. The van der Waals surface area contributed by atoms with E-state index in [2.05, 4.69) is 10.6 Å². The predicted molar refractivity (Wildman–Crippen MR) is 96.7 cm³/mol. The molecular formula is C17H18Cl2N2O3. The Morgan fingerprint density at radius 2 is 1.83 bits per heavy atom. The van der Waals surface area contributed by atoms with E-state index < -0.39 is 0 Å². The second-order valence-electron chi connectivity index (χ2n) is 4.88. The summed E-state index contributed by atoms with van der Waals surface area (Å²) in [5.41, 5.74) is 1.40. The smallest absolute Gasteiger partial charge is 0.319 e. The molecule has 2 amide bonds. The van der Waals surface area contributed by atoms with Gasteiger partial charge in [0, 0.05) is 6.54 Å². The summed E-state index contributed by atoms with van der Waals surface area (Å²) < 4.78 is 10.6. The van der Waals surface area contributed by atoms with Gasteiger partial charge in [-0.2, -0.15) is 0 Å². The lowest BCUT2D eigenvalue weighted by atomic mass is 10.1. The molecule has 0 fully saturated rings.